The van der Waals surface area contributed by atoms with Crippen LogP contribution in [0.1, 0.15) is 26.3 Å². The van der Waals surface area contributed by atoms with Crippen LogP contribution in [0.4, 0.5) is 0 Å². The van der Waals surface area contributed by atoms with Crippen LogP contribution in [0.25, 0.3) is 11.1 Å². The van der Waals surface area contributed by atoms with E-state index in [2.05, 4.69) is 4.98 Å². The molecule has 0 radical (unpaired) electrons. The number of nitrogens with one attached hydrogen (secondary N) is 1. The highest BCUT2D eigenvalue weighted by atomic mass is 16.5. The van der Waals surface area contributed by atoms with Gasteiger partial charge in [0.25, 0.3) is 0 Å². The second kappa shape index (κ2) is 5.70. The average molecular weight is 311 g/mol. The summed E-state index contributed by atoms with van der Waals surface area (Å²) in [7, 11) is 0. The molecular formula is C19H21NO3. The summed E-state index contributed by atoms with van der Waals surface area (Å²) in [6.07, 6.45) is 3.29. The topological polar surface area (TPSA) is 62.3 Å². The fourth-order valence-electron chi connectivity index (χ4n) is 3.24. The van der Waals surface area contributed by atoms with Gasteiger partial charge < -0.3 is 14.8 Å². The van der Waals surface area contributed by atoms with Gasteiger partial charge in [-0.15, -0.1) is 0 Å². The Bertz CT molecular complexity index is 807. The molecule has 0 spiro atoms. The zero-order chi connectivity index (χ0) is 16.6. The molecule has 3 rings (SSSR count). The van der Waals surface area contributed by atoms with Gasteiger partial charge in [0.05, 0.1) is 17.6 Å². The van der Waals surface area contributed by atoms with Gasteiger partial charge in [0.2, 0.25) is 0 Å². The van der Waals surface area contributed by atoms with E-state index in [0.29, 0.717) is 17.0 Å². The molecule has 0 bridgehead atoms. The van der Waals surface area contributed by atoms with Gasteiger partial charge in [-0.3, -0.25) is 4.79 Å². The van der Waals surface area contributed by atoms with E-state index >= 15 is 0 Å². The summed E-state index contributed by atoms with van der Waals surface area (Å²) in [5, 5.41) is 10.0. The van der Waals surface area contributed by atoms with Crippen molar-refractivity contribution in [3.05, 3.63) is 64.0 Å². The fraction of sp³-hybridized carbons (Fsp3) is 0.316. The lowest BCUT2D eigenvalue weighted by Crippen LogP contribution is -2.42. The quantitative estimate of drug-likeness (QED) is 0.857. The van der Waals surface area contributed by atoms with Gasteiger partial charge in [0, 0.05) is 11.8 Å². The molecule has 1 aliphatic heterocycles. The molecule has 4 nitrogen and oxygen atoms in total. The third-order valence-electron chi connectivity index (χ3n) is 4.71. The van der Waals surface area contributed by atoms with Crippen molar-refractivity contribution in [3.8, 4) is 17.0 Å². The van der Waals surface area contributed by atoms with Crippen molar-refractivity contribution in [2.24, 2.45) is 0 Å². The Hall–Kier alpha value is -2.33. The average Bonchev–Trinajstić information content (AvgIpc) is 2.89. The normalized spacial score (nSPS) is 23.5. The molecule has 2 unspecified atom stereocenters. The number of aromatic nitrogens is 1. The zero-order valence-corrected chi connectivity index (χ0v) is 13.6. The molecule has 0 fully saturated rings. The molecule has 1 aromatic carbocycles. The number of benzene rings is 1. The van der Waals surface area contributed by atoms with Crippen LogP contribution in [0, 0.1) is 0 Å². The van der Waals surface area contributed by atoms with Crippen LogP contribution in [0.2, 0.25) is 0 Å². The Morgan fingerprint density at radius 2 is 2.09 bits per heavy atom. The molecule has 120 valence electrons. The smallest absolute Gasteiger partial charge is 0.199 e. The Kier molecular flexibility index (Phi) is 3.86. The molecule has 4 heteroatoms. The van der Waals surface area contributed by atoms with Crippen LogP contribution < -0.4 is 10.2 Å². The van der Waals surface area contributed by atoms with Crippen molar-refractivity contribution >= 4 is 0 Å². The molecule has 1 aliphatic rings. The van der Waals surface area contributed by atoms with E-state index in [9.17, 15) is 9.90 Å². The first kappa shape index (κ1) is 15.6. The molecule has 23 heavy (non-hydrogen) atoms. The van der Waals surface area contributed by atoms with Crippen molar-refractivity contribution < 1.29 is 9.84 Å². The summed E-state index contributed by atoms with van der Waals surface area (Å²) in [5.41, 5.74) is 2.10. The van der Waals surface area contributed by atoms with Gasteiger partial charge in [0.1, 0.15) is 6.10 Å². The molecule has 0 amide bonds. The molecule has 0 aliphatic carbocycles. The first-order chi connectivity index (χ1) is 11.0. The highest BCUT2D eigenvalue weighted by Crippen LogP contribution is 2.42. The summed E-state index contributed by atoms with van der Waals surface area (Å²) < 4.78 is 5.95. The molecule has 2 atom stereocenters. The van der Waals surface area contributed by atoms with Crippen molar-refractivity contribution in [1.29, 1.82) is 0 Å². The highest BCUT2D eigenvalue weighted by Gasteiger charge is 2.48. The van der Waals surface area contributed by atoms with E-state index in [1.54, 1.807) is 6.20 Å². The van der Waals surface area contributed by atoms with Crippen molar-refractivity contribution in [2.45, 2.75) is 32.3 Å². The van der Waals surface area contributed by atoms with Crippen LogP contribution in [0.5, 0.6) is 5.88 Å². The number of ether oxygens (including phenoxy) is 1. The third kappa shape index (κ3) is 2.30. The summed E-state index contributed by atoms with van der Waals surface area (Å²) in [6.45, 7) is 5.60. The van der Waals surface area contributed by atoms with Gasteiger partial charge in [-0.1, -0.05) is 36.4 Å². The van der Waals surface area contributed by atoms with Crippen LogP contribution in [0.15, 0.2) is 53.0 Å². The van der Waals surface area contributed by atoms with E-state index in [4.69, 9.17) is 4.74 Å². The Morgan fingerprint density at radius 1 is 1.39 bits per heavy atom. The fourth-order valence-corrected chi connectivity index (χ4v) is 3.24. The summed E-state index contributed by atoms with van der Waals surface area (Å²) in [5.74, 6) is 0.456. The molecule has 0 saturated heterocycles. The predicted molar refractivity (Wildman–Crippen MR) is 90.8 cm³/mol. The van der Waals surface area contributed by atoms with E-state index < -0.39 is 5.41 Å². The highest BCUT2D eigenvalue weighted by molar-refractivity contribution is 5.65. The van der Waals surface area contributed by atoms with Crippen LogP contribution in [-0.2, 0) is 5.41 Å². The lowest BCUT2D eigenvalue weighted by atomic mass is 9.77. The molecular weight excluding hydrogens is 290 g/mol. The predicted octanol–water partition coefficient (Wildman–Crippen LogP) is 3.02. The monoisotopic (exact) mass is 311 g/mol. The molecule has 2 heterocycles. The summed E-state index contributed by atoms with van der Waals surface area (Å²) in [4.78, 5) is 16.2. The number of rotatable bonds is 3. The SMILES string of the molecule is CC=C(C)C1Oc2[nH]cc(-c3ccccc3)c(=O)c2C1(C)CO. The third-order valence-corrected chi connectivity index (χ3v) is 4.71. The molecule has 2 aromatic rings. The zero-order valence-electron chi connectivity index (χ0n) is 13.6. The minimum absolute atomic E-state index is 0.0899. The lowest BCUT2D eigenvalue weighted by Gasteiger charge is -2.28. The Balaban J connectivity index is 2.21. The second-order valence-corrected chi connectivity index (χ2v) is 6.21. The molecule has 0 saturated carbocycles. The maximum absolute atomic E-state index is 13.1. The number of fused-ring (bicyclic) bond motifs is 1. The second-order valence-electron chi connectivity index (χ2n) is 6.21. The number of hydrogen-bond acceptors (Lipinski definition) is 3. The van der Waals surface area contributed by atoms with Crippen molar-refractivity contribution in [3.63, 3.8) is 0 Å². The van der Waals surface area contributed by atoms with Gasteiger partial charge in [-0.2, -0.15) is 0 Å². The van der Waals surface area contributed by atoms with E-state index in [-0.39, 0.29) is 18.1 Å². The summed E-state index contributed by atoms with van der Waals surface area (Å²) in [6, 6.07) is 9.51. The first-order valence-corrected chi connectivity index (χ1v) is 7.75. The minimum Gasteiger partial charge on any atom is -0.470 e. The number of pyridine rings is 1. The van der Waals surface area contributed by atoms with E-state index in [0.717, 1.165) is 11.1 Å². The first-order valence-electron chi connectivity index (χ1n) is 7.75. The minimum atomic E-state index is -0.760. The number of aliphatic hydroxyl groups excluding tert-OH is 1. The Labute approximate surface area is 135 Å². The van der Waals surface area contributed by atoms with E-state index in [1.807, 2.05) is 57.2 Å². The number of H-pyrrole nitrogens is 1. The van der Waals surface area contributed by atoms with Crippen molar-refractivity contribution in [1.82, 2.24) is 4.98 Å². The van der Waals surface area contributed by atoms with Crippen LogP contribution >= 0.6 is 0 Å². The number of hydrogen-bond donors (Lipinski definition) is 2. The Morgan fingerprint density at radius 3 is 2.70 bits per heavy atom. The van der Waals surface area contributed by atoms with Gasteiger partial charge in [-0.25, -0.2) is 0 Å². The van der Waals surface area contributed by atoms with Crippen LogP contribution in [-0.4, -0.2) is 22.8 Å². The summed E-state index contributed by atoms with van der Waals surface area (Å²) >= 11 is 0. The van der Waals surface area contributed by atoms with Gasteiger partial charge in [0.15, 0.2) is 11.3 Å². The molecule has 2 N–H and O–H groups in total. The van der Waals surface area contributed by atoms with Gasteiger partial charge in [-0.05, 0) is 31.9 Å². The standard InChI is InChI=1S/C19H21NO3/c1-4-12(2)17-19(3,11-21)15-16(22)14(10-20-18(15)23-17)13-8-6-5-7-9-13/h4-10,17,21H,11H2,1-3H3,(H,20,22). The maximum atomic E-state index is 13.1. The number of aromatic amines is 1. The van der Waals surface area contributed by atoms with Crippen molar-refractivity contribution in [2.75, 3.05) is 6.61 Å². The lowest BCUT2D eigenvalue weighted by molar-refractivity contribution is 0.120. The number of aliphatic hydroxyl groups is 1. The maximum Gasteiger partial charge on any atom is 0.199 e. The largest absolute Gasteiger partial charge is 0.470 e. The van der Waals surface area contributed by atoms with E-state index in [1.165, 1.54) is 0 Å². The number of allylic oxidation sites excluding steroid dienone is 1. The van der Waals surface area contributed by atoms with Crippen LogP contribution in [0.3, 0.4) is 0 Å². The van der Waals surface area contributed by atoms with Gasteiger partial charge >= 0.3 is 0 Å². The molecule has 1 aromatic heterocycles.